The van der Waals surface area contributed by atoms with Crippen LogP contribution in [0.3, 0.4) is 0 Å². The van der Waals surface area contributed by atoms with E-state index in [1.54, 1.807) is 84.9 Å². The average molecular weight is 622 g/mol. The summed E-state index contributed by atoms with van der Waals surface area (Å²) >= 11 is 0. The van der Waals surface area contributed by atoms with E-state index in [0.29, 0.717) is 22.5 Å². The zero-order valence-electron chi connectivity index (χ0n) is 22.4. The summed E-state index contributed by atoms with van der Waals surface area (Å²) in [5.74, 6) is -1.79. The van der Waals surface area contributed by atoms with Gasteiger partial charge in [-0.25, -0.2) is 27.1 Å². The number of benzene rings is 4. The molecule has 0 saturated heterocycles. The van der Waals surface area contributed by atoms with Crippen LogP contribution < -0.4 is 14.9 Å². The van der Waals surface area contributed by atoms with Crippen LogP contribution in [0.15, 0.2) is 131 Å². The number of carbonyl (C=O) groups is 2. The minimum atomic E-state index is -3.71. The normalized spacial score (nSPS) is 11.4. The molecule has 43 heavy (non-hydrogen) atoms. The van der Waals surface area contributed by atoms with Crippen LogP contribution in [0.25, 0.3) is 12.2 Å². The van der Waals surface area contributed by atoms with Gasteiger partial charge in [0.2, 0.25) is 0 Å². The summed E-state index contributed by atoms with van der Waals surface area (Å²) in [7, 11) is -7.42. The molecule has 0 radical (unpaired) electrons. The Bertz CT molecular complexity index is 1830. The Morgan fingerprint density at radius 2 is 1.00 bits per heavy atom. The number of carbonyl (C=O) groups excluding carboxylic acids is 1. The maximum Gasteiger partial charge on any atom is 0.328 e. The number of hydrogen-bond donors (Lipinski definition) is 5. The van der Waals surface area contributed by atoms with E-state index in [2.05, 4.69) is 9.44 Å². The number of anilines is 2. The Kier molecular flexibility index (Phi) is 11.3. The minimum absolute atomic E-state index is 0.0684. The molecule has 13 heteroatoms. The first-order valence-corrected chi connectivity index (χ1v) is 15.3. The second-order valence-electron chi connectivity index (χ2n) is 8.57. The predicted molar refractivity (Wildman–Crippen MR) is 163 cm³/mol. The summed E-state index contributed by atoms with van der Waals surface area (Å²) in [6, 6.07) is 29.2. The lowest BCUT2D eigenvalue weighted by molar-refractivity contribution is -0.131. The van der Waals surface area contributed by atoms with Crippen LogP contribution in [-0.4, -0.2) is 39.0 Å². The standard InChI is InChI=1S/C15H14N2O4S.C15H13NO4S/c18-15(16-19)10-9-12-5-4-8-14(11-12)22(20,21)17-13-6-2-1-3-7-13;17-15(18)10-9-12-5-4-8-14(11-12)21(19,20)16-13-6-2-1-3-7-13/h1-11,17,19H,(H,16,18);1-11,16H,(H,17,18)/b2*10-9+. The summed E-state index contributed by atoms with van der Waals surface area (Å²) in [6.07, 6.45) is 4.78. The molecule has 0 aromatic heterocycles. The van der Waals surface area contributed by atoms with Crippen LogP contribution in [0.4, 0.5) is 11.4 Å². The van der Waals surface area contributed by atoms with E-state index in [9.17, 15) is 26.4 Å². The summed E-state index contributed by atoms with van der Waals surface area (Å²) < 4.78 is 54.0. The van der Waals surface area contributed by atoms with Crippen LogP contribution in [0.5, 0.6) is 0 Å². The fraction of sp³-hybridized carbons (Fsp3) is 0. The lowest BCUT2D eigenvalue weighted by Gasteiger charge is -2.08. The van der Waals surface area contributed by atoms with Crippen LogP contribution in [0.2, 0.25) is 0 Å². The van der Waals surface area contributed by atoms with Gasteiger partial charge in [-0.3, -0.25) is 19.4 Å². The van der Waals surface area contributed by atoms with E-state index in [1.807, 2.05) is 0 Å². The fourth-order valence-corrected chi connectivity index (χ4v) is 5.61. The largest absolute Gasteiger partial charge is 0.478 e. The molecule has 0 fully saturated rings. The number of para-hydroxylation sites is 2. The lowest BCUT2D eigenvalue weighted by atomic mass is 10.2. The van der Waals surface area contributed by atoms with Gasteiger partial charge in [0, 0.05) is 23.5 Å². The number of carboxylic acid groups (broad SMARTS) is 1. The van der Waals surface area contributed by atoms with Crippen LogP contribution in [-0.2, 0) is 29.6 Å². The molecule has 0 aliphatic rings. The third-order valence-electron chi connectivity index (χ3n) is 5.34. The van der Waals surface area contributed by atoms with Gasteiger partial charge in [0.25, 0.3) is 26.0 Å². The van der Waals surface area contributed by atoms with Gasteiger partial charge in [0.1, 0.15) is 0 Å². The molecule has 4 aromatic carbocycles. The van der Waals surface area contributed by atoms with Gasteiger partial charge in [-0.2, -0.15) is 0 Å². The van der Waals surface area contributed by atoms with Crippen molar-refractivity contribution < 1.29 is 36.7 Å². The smallest absolute Gasteiger partial charge is 0.328 e. The van der Waals surface area contributed by atoms with Crippen molar-refractivity contribution in [2.45, 2.75) is 9.79 Å². The number of carboxylic acids is 1. The zero-order valence-corrected chi connectivity index (χ0v) is 24.0. The SMILES string of the molecule is O=C(/C=C/c1cccc(S(=O)(=O)Nc2ccccc2)c1)NO.O=C(O)/C=C/c1cccc(S(=O)(=O)Nc2ccccc2)c1. The highest BCUT2D eigenvalue weighted by Gasteiger charge is 2.15. The average Bonchev–Trinajstić information content (AvgIpc) is 3.00. The molecule has 0 spiro atoms. The quantitative estimate of drug-likeness (QED) is 0.0969. The second-order valence-corrected chi connectivity index (χ2v) is 11.9. The summed E-state index contributed by atoms with van der Waals surface area (Å²) in [6.45, 7) is 0. The van der Waals surface area contributed by atoms with Crippen LogP contribution in [0, 0.1) is 0 Å². The summed E-state index contributed by atoms with van der Waals surface area (Å²) in [5, 5.41) is 17.0. The first kappa shape index (κ1) is 32.3. The molecule has 222 valence electrons. The lowest BCUT2D eigenvalue weighted by Crippen LogP contribution is -2.15. The monoisotopic (exact) mass is 621 g/mol. The number of sulfonamides is 2. The first-order valence-electron chi connectivity index (χ1n) is 12.4. The minimum Gasteiger partial charge on any atom is -0.478 e. The van der Waals surface area contributed by atoms with Crippen molar-refractivity contribution in [1.29, 1.82) is 0 Å². The van der Waals surface area contributed by atoms with Crippen molar-refractivity contribution in [3.63, 3.8) is 0 Å². The van der Waals surface area contributed by atoms with E-state index in [4.69, 9.17) is 10.3 Å². The molecule has 11 nitrogen and oxygen atoms in total. The van der Waals surface area contributed by atoms with Gasteiger partial charge in [-0.05, 0) is 71.8 Å². The molecule has 0 bridgehead atoms. The van der Waals surface area contributed by atoms with E-state index in [-0.39, 0.29) is 9.79 Å². The van der Waals surface area contributed by atoms with Gasteiger partial charge in [-0.1, -0.05) is 60.7 Å². The van der Waals surface area contributed by atoms with E-state index < -0.39 is 31.9 Å². The Morgan fingerprint density at radius 1 is 0.581 bits per heavy atom. The fourth-order valence-electron chi connectivity index (χ4n) is 3.39. The molecule has 1 amide bonds. The van der Waals surface area contributed by atoms with Crippen molar-refractivity contribution in [3.8, 4) is 0 Å². The molecule has 0 aliphatic carbocycles. The molecule has 5 N–H and O–H groups in total. The molecule has 0 heterocycles. The molecular formula is C30H27N3O8S2. The highest BCUT2D eigenvalue weighted by Crippen LogP contribution is 2.19. The molecule has 0 aliphatic heterocycles. The van der Waals surface area contributed by atoms with Crippen molar-refractivity contribution >= 4 is 55.4 Å². The summed E-state index contributed by atoms with van der Waals surface area (Å²) in [4.78, 5) is 21.5. The van der Waals surface area contributed by atoms with Gasteiger partial charge in [-0.15, -0.1) is 0 Å². The molecule has 0 saturated carbocycles. The molecule has 4 aromatic rings. The zero-order chi connectivity index (χ0) is 31.3. The van der Waals surface area contributed by atoms with Crippen molar-refractivity contribution in [2.75, 3.05) is 9.44 Å². The Morgan fingerprint density at radius 3 is 1.40 bits per heavy atom. The highest BCUT2D eigenvalue weighted by molar-refractivity contribution is 7.93. The number of amides is 1. The van der Waals surface area contributed by atoms with Crippen LogP contribution >= 0.6 is 0 Å². The van der Waals surface area contributed by atoms with Crippen molar-refractivity contribution in [3.05, 3.63) is 132 Å². The number of rotatable bonds is 10. The van der Waals surface area contributed by atoms with Gasteiger partial charge < -0.3 is 5.11 Å². The van der Waals surface area contributed by atoms with E-state index in [1.165, 1.54) is 41.9 Å². The topological polar surface area (TPSA) is 179 Å². The number of hydrogen-bond acceptors (Lipinski definition) is 7. The molecular weight excluding hydrogens is 594 g/mol. The van der Waals surface area contributed by atoms with Gasteiger partial charge >= 0.3 is 5.97 Å². The van der Waals surface area contributed by atoms with Crippen LogP contribution in [0.1, 0.15) is 11.1 Å². The Hall–Kier alpha value is -5.24. The number of nitrogens with one attached hydrogen (secondary N) is 3. The van der Waals surface area contributed by atoms with Crippen molar-refractivity contribution in [1.82, 2.24) is 5.48 Å². The number of aliphatic carboxylic acids is 1. The predicted octanol–water partition coefficient (Wildman–Crippen LogP) is 4.59. The third kappa shape index (κ3) is 10.6. The van der Waals surface area contributed by atoms with E-state index >= 15 is 0 Å². The third-order valence-corrected chi connectivity index (χ3v) is 8.10. The number of hydroxylamine groups is 1. The highest BCUT2D eigenvalue weighted by atomic mass is 32.2. The van der Waals surface area contributed by atoms with E-state index in [0.717, 1.165) is 12.2 Å². The maximum absolute atomic E-state index is 12.3. The van der Waals surface area contributed by atoms with Gasteiger partial charge in [0.05, 0.1) is 9.79 Å². The molecule has 0 unspecified atom stereocenters. The molecule has 0 atom stereocenters. The van der Waals surface area contributed by atoms with Gasteiger partial charge in [0.15, 0.2) is 0 Å². The molecule has 4 rings (SSSR count). The Labute approximate surface area is 248 Å². The Balaban J connectivity index is 0.000000236. The maximum atomic E-state index is 12.3. The first-order chi connectivity index (χ1) is 20.5. The van der Waals surface area contributed by atoms with Crippen molar-refractivity contribution in [2.24, 2.45) is 0 Å². The second kappa shape index (κ2) is 15.1. The summed E-state index contributed by atoms with van der Waals surface area (Å²) in [5.41, 5.74) is 3.39.